The average molecular weight is 544 g/mol. The monoisotopic (exact) mass is 543 g/mol. The van der Waals surface area contributed by atoms with E-state index in [1.54, 1.807) is 34.4 Å². The van der Waals surface area contributed by atoms with Crippen molar-refractivity contribution in [3.63, 3.8) is 0 Å². The highest BCUT2D eigenvalue weighted by atomic mass is 32.2. The molecule has 0 fully saturated rings. The molecular formula is C29H25N3O2S3. The van der Waals surface area contributed by atoms with Crippen molar-refractivity contribution in [3.05, 3.63) is 99.0 Å². The first-order chi connectivity index (χ1) is 18.1. The molecular weight excluding hydrogens is 519 g/mol. The molecule has 2 aliphatic rings. The molecule has 1 aliphatic carbocycles. The summed E-state index contributed by atoms with van der Waals surface area (Å²) in [5.41, 5.74) is 6.08. The van der Waals surface area contributed by atoms with Gasteiger partial charge in [0.1, 0.15) is 0 Å². The van der Waals surface area contributed by atoms with Gasteiger partial charge in [-0.25, -0.2) is 4.98 Å². The summed E-state index contributed by atoms with van der Waals surface area (Å²) in [6.45, 7) is 1.94. The van der Waals surface area contributed by atoms with Crippen LogP contribution in [-0.4, -0.2) is 16.7 Å². The van der Waals surface area contributed by atoms with Gasteiger partial charge in [0.05, 0.1) is 16.1 Å². The number of thiazole rings is 1. The van der Waals surface area contributed by atoms with Gasteiger partial charge in [-0.05, 0) is 61.0 Å². The molecule has 0 unspecified atom stereocenters. The van der Waals surface area contributed by atoms with Crippen LogP contribution in [-0.2, 0) is 15.3 Å². The van der Waals surface area contributed by atoms with Crippen LogP contribution < -0.4 is 10.6 Å². The number of carbonyl (C=O) groups is 2. The Labute approximate surface area is 227 Å². The number of carbonyl (C=O) groups excluding carboxylic acids is 2. The summed E-state index contributed by atoms with van der Waals surface area (Å²) in [6, 6.07) is 19.8. The minimum atomic E-state index is -0.362. The summed E-state index contributed by atoms with van der Waals surface area (Å²) in [6.07, 6.45) is 2.19. The molecule has 6 rings (SSSR count). The lowest BCUT2D eigenvalue weighted by molar-refractivity contribution is -0.116. The number of aromatic nitrogens is 1. The van der Waals surface area contributed by atoms with Gasteiger partial charge < -0.3 is 10.6 Å². The lowest BCUT2D eigenvalue weighted by Gasteiger charge is -2.33. The minimum Gasteiger partial charge on any atom is -0.362 e. The molecule has 186 valence electrons. The van der Waals surface area contributed by atoms with Crippen molar-refractivity contribution in [2.24, 2.45) is 0 Å². The first kappa shape index (κ1) is 24.2. The topological polar surface area (TPSA) is 71.1 Å². The molecule has 2 aromatic heterocycles. The predicted molar refractivity (Wildman–Crippen MR) is 153 cm³/mol. The first-order valence-electron chi connectivity index (χ1n) is 12.2. The van der Waals surface area contributed by atoms with Crippen LogP contribution in [0.2, 0.25) is 0 Å². The van der Waals surface area contributed by atoms with Crippen LogP contribution in [0.5, 0.6) is 0 Å². The van der Waals surface area contributed by atoms with E-state index in [0.29, 0.717) is 12.0 Å². The van der Waals surface area contributed by atoms with Crippen LogP contribution in [0.3, 0.4) is 0 Å². The fourth-order valence-electron chi connectivity index (χ4n) is 4.97. The third-order valence-electron chi connectivity index (χ3n) is 6.65. The van der Waals surface area contributed by atoms with Crippen LogP contribution in [0.15, 0.2) is 92.9 Å². The quantitative estimate of drug-likeness (QED) is 0.251. The number of nitrogens with one attached hydrogen (secondary N) is 2. The molecule has 8 heteroatoms. The number of thioether (sulfide) groups is 1. The van der Waals surface area contributed by atoms with Crippen molar-refractivity contribution in [1.29, 1.82) is 0 Å². The molecule has 2 aromatic carbocycles. The summed E-state index contributed by atoms with van der Waals surface area (Å²) < 4.78 is 2.23. The first-order valence-corrected chi connectivity index (χ1v) is 14.9. The van der Waals surface area contributed by atoms with E-state index in [9.17, 15) is 9.59 Å². The molecule has 37 heavy (non-hydrogen) atoms. The van der Waals surface area contributed by atoms with E-state index in [2.05, 4.69) is 28.1 Å². The number of benzene rings is 2. The van der Waals surface area contributed by atoms with E-state index in [1.807, 2.05) is 55.5 Å². The Morgan fingerprint density at radius 2 is 1.95 bits per heavy atom. The van der Waals surface area contributed by atoms with Crippen molar-refractivity contribution in [2.75, 3.05) is 5.32 Å². The van der Waals surface area contributed by atoms with Crippen molar-refractivity contribution >= 4 is 62.0 Å². The molecule has 0 saturated carbocycles. The van der Waals surface area contributed by atoms with Crippen molar-refractivity contribution in [3.8, 4) is 0 Å². The number of hydrogen-bond acceptors (Lipinski definition) is 7. The molecule has 0 spiro atoms. The largest absolute Gasteiger partial charge is 0.362 e. The summed E-state index contributed by atoms with van der Waals surface area (Å²) in [4.78, 5) is 32.6. The maximum absolute atomic E-state index is 13.6. The zero-order chi connectivity index (χ0) is 25.4. The Balaban J connectivity index is 1.30. The molecule has 1 atom stereocenters. The number of ketones is 1. The number of amides is 1. The van der Waals surface area contributed by atoms with E-state index in [4.69, 9.17) is 4.98 Å². The van der Waals surface area contributed by atoms with E-state index in [1.165, 1.54) is 10.3 Å². The molecule has 2 N–H and O–H groups in total. The number of para-hydroxylation sites is 2. The highest BCUT2D eigenvalue weighted by molar-refractivity contribution is 8.00. The van der Waals surface area contributed by atoms with Gasteiger partial charge in [0.25, 0.3) is 5.91 Å². The summed E-state index contributed by atoms with van der Waals surface area (Å²) in [5.74, 6) is 0.383. The van der Waals surface area contributed by atoms with E-state index >= 15 is 0 Å². The average Bonchev–Trinajstić information content (AvgIpc) is 3.54. The van der Waals surface area contributed by atoms with Crippen LogP contribution >= 0.6 is 34.4 Å². The molecule has 5 nitrogen and oxygen atoms in total. The number of rotatable bonds is 6. The second-order valence-electron chi connectivity index (χ2n) is 9.18. The highest BCUT2D eigenvalue weighted by Gasteiger charge is 2.39. The molecule has 1 aliphatic heterocycles. The van der Waals surface area contributed by atoms with Crippen molar-refractivity contribution in [1.82, 2.24) is 10.3 Å². The fourth-order valence-corrected chi connectivity index (χ4v) is 8.10. The van der Waals surface area contributed by atoms with Gasteiger partial charge >= 0.3 is 0 Å². The Morgan fingerprint density at radius 1 is 1.14 bits per heavy atom. The normalized spacial score (nSPS) is 17.6. The Morgan fingerprint density at radius 3 is 2.78 bits per heavy atom. The van der Waals surface area contributed by atoms with E-state index < -0.39 is 0 Å². The van der Waals surface area contributed by atoms with Crippen molar-refractivity contribution in [2.45, 2.75) is 42.2 Å². The maximum atomic E-state index is 13.6. The van der Waals surface area contributed by atoms with Gasteiger partial charge in [0.15, 0.2) is 10.1 Å². The van der Waals surface area contributed by atoms with Crippen LogP contribution in [0.1, 0.15) is 42.5 Å². The van der Waals surface area contributed by atoms with Gasteiger partial charge in [-0.15, -0.1) is 22.7 Å². The van der Waals surface area contributed by atoms with Crippen molar-refractivity contribution < 1.29 is 9.59 Å². The number of fused-ring (bicyclic) bond motifs is 1. The summed E-state index contributed by atoms with van der Waals surface area (Å²) >= 11 is 5.05. The second kappa shape index (κ2) is 10.3. The van der Waals surface area contributed by atoms with Gasteiger partial charge in [0, 0.05) is 45.3 Å². The zero-order valence-electron chi connectivity index (χ0n) is 20.2. The van der Waals surface area contributed by atoms with Gasteiger partial charge in [-0.1, -0.05) is 42.1 Å². The smallest absolute Gasteiger partial charge is 0.254 e. The summed E-state index contributed by atoms with van der Waals surface area (Å²) in [5, 5.41) is 8.59. The number of nitrogens with zero attached hydrogens (tertiary/aromatic N) is 1. The summed E-state index contributed by atoms with van der Waals surface area (Å²) in [7, 11) is 0. The molecule has 0 bridgehead atoms. The van der Waals surface area contributed by atoms with Crippen LogP contribution in [0.25, 0.3) is 10.2 Å². The lowest BCUT2D eigenvalue weighted by atomic mass is 9.77. The molecule has 3 heterocycles. The third kappa shape index (κ3) is 4.89. The fraction of sp³-hybridized carbons (Fsp3) is 0.207. The standard InChI is InChI=1S/C29H25N3O2S3/c1-17-25(28(34)31-19-8-3-2-4-9-19)27(26-21(30-17)11-7-12-22(26)33)24-14-18(15-35-24)16-36-29-32-20-10-5-6-13-23(20)37-29/h2-6,8-10,13-15,27,30H,7,11-12,16H2,1H3,(H,31,34)/t27-/m0/s1. The molecule has 0 saturated heterocycles. The van der Waals surface area contributed by atoms with Gasteiger partial charge in [0.2, 0.25) is 0 Å². The second-order valence-corrected chi connectivity index (χ2v) is 12.4. The number of hydrogen-bond donors (Lipinski definition) is 2. The molecule has 0 radical (unpaired) electrons. The zero-order valence-corrected chi connectivity index (χ0v) is 22.7. The van der Waals surface area contributed by atoms with E-state index in [-0.39, 0.29) is 17.6 Å². The number of dihydropyridines is 1. The number of anilines is 1. The SMILES string of the molecule is CC1=C(C(=O)Nc2ccccc2)[C@H](c2cc(CSc3nc4ccccc4s3)cs2)C2=C(CCCC2=O)N1. The Hall–Kier alpha value is -3.20. The van der Waals surface area contributed by atoms with Gasteiger partial charge in [-0.2, -0.15) is 0 Å². The van der Waals surface area contributed by atoms with E-state index in [0.717, 1.165) is 56.0 Å². The Bertz CT molecular complexity index is 1530. The van der Waals surface area contributed by atoms with Crippen LogP contribution in [0, 0.1) is 0 Å². The molecule has 1 amide bonds. The van der Waals surface area contributed by atoms with Gasteiger partial charge in [-0.3, -0.25) is 9.59 Å². The molecule has 4 aromatic rings. The minimum absolute atomic E-state index is 0.134. The number of thiophene rings is 1. The maximum Gasteiger partial charge on any atom is 0.254 e. The number of allylic oxidation sites excluding steroid dienone is 3. The van der Waals surface area contributed by atoms with Crippen LogP contribution in [0.4, 0.5) is 5.69 Å². The lowest BCUT2D eigenvalue weighted by Crippen LogP contribution is -2.35. The third-order valence-corrected chi connectivity index (χ3v) is 9.94. The Kier molecular flexibility index (Phi) is 6.71. The number of Topliss-reactive ketones (excluding diaryl/α,β-unsaturated/α-hetero) is 1. The highest BCUT2D eigenvalue weighted by Crippen LogP contribution is 2.45. The predicted octanol–water partition coefficient (Wildman–Crippen LogP) is 7.26.